The predicted octanol–water partition coefficient (Wildman–Crippen LogP) is 3.49. The number of thioether (sulfide) groups is 1. The Balaban J connectivity index is 1.37. The summed E-state index contributed by atoms with van der Waals surface area (Å²) in [7, 11) is 0. The van der Waals surface area contributed by atoms with Crippen LogP contribution in [0.3, 0.4) is 0 Å². The smallest absolute Gasteiger partial charge is 0.233 e. The molecule has 0 aromatic carbocycles. The Hall–Kier alpha value is -0.970. The van der Waals surface area contributed by atoms with Gasteiger partial charge in [-0.1, -0.05) is 24.6 Å². The van der Waals surface area contributed by atoms with Gasteiger partial charge in [0.25, 0.3) is 0 Å². The number of aromatic nitrogens is 2. The molecule has 120 valence electrons. The first kappa shape index (κ1) is 14.6. The fourth-order valence-corrected chi connectivity index (χ4v) is 5.10. The Morgan fingerprint density at radius 1 is 1.18 bits per heavy atom. The van der Waals surface area contributed by atoms with E-state index in [2.05, 4.69) is 20.6 Å². The summed E-state index contributed by atoms with van der Waals surface area (Å²) < 4.78 is 2.25. The quantitative estimate of drug-likeness (QED) is 0.797. The van der Waals surface area contributed by atoms with Crippen LogP contribution in [0.15, 0.2) is 17.6 Å². The summed E-state index contributed by atoms with van der Waals surface area (Å²) in [5.74, 6) is 1.64. The van der Waals surface area contributed by atoms with Crippen molar-refractivity contribution in [2.45, 2.75) is 68.6 Å². The molecule has 1 amide bonds. The summed E-state index contributed by atoms with van der Waals surface area (Å²) >= 11 is 1.62. The van der Waals surface area contributed by atoms with E-state index in [1.807, 2.05) is 6.20 Å². The summed E-state index contributed by atoms with van der Waals surface area (Å²) in [5, 5.41) is 1.02. The van der Waals surface area contributed by atoms with Crippen molar-refractivity contribution in [3.8, 4) is 0 Å². The van der Waals surface area contributed by atoms with E-state index in [1.54, 1.807) is 11.8 Å². The van der Waals surface area contributed by atoms with E-state index >= 15 is 0 Å². The van der Waals surface area contributed by atoms with Crippen molar-refractivity contribution in [1.82, 2.24) is 14.5 Å². The number of carbonyl (C=O) groups excluding carboxylic acids is 1. The number of hydrogen-bond donors (Lipinski definition) is 0. The Labute approximate surface area is 136 Å². The lowest BCUT2D eigenvalue weighted by atomic mass is 9.78. The van der Waals surface area contributed by atoms with Gasteiger partial charge in [-0.3, -0.25) is 4.79 Å². The minimum Gasteiger partial charge on any atom is -0.339 e. The minimum atomic E-state index is 0.326. The van der Waals surface area contributed by atoms with Crippen LogP contribution in [0.5, 0.6) is 0 Å². The molecule has 1 aliphatic heterocycles. The molecule has 2 saturated carbocycles. The average Bonchev–Trinajstić information content (AvgIpc) is 3.30. The van der Waals surface area contributed by atoms with Crippen molar-refractivity contribution in [1.29, 1.82) is 0 Å². The van der Waals surface area contributed by atoms with Gasteiger partial charge in [0, 0.05) is 31.0 Å². The highest BCUT2D eigenvalue weighted by molar-refractivity contribution is 7.99. The molecule has 2 unspecified atom stereocenters. The first-order valence-electron chi connectivity index (χ1n) is 8.78. The lowest BCUT2D eigenvalue weighted by Gasteiger charge is -2.44. The van der Waals surface area contributed by atoms with Crippen LogP contribution in [-0.4, -0.2) is 38.7 Å². The molecular formula is C17H25N3OS. The van der Waals surface area contributed by atoms with Crippen LogP contribution in [0.4, 0.5) is 0 Å². The molecule has 2 heterocycles. The van der Waals surface area contributed by atoms with Gasteiger partial charge in [-0.2, -0.15) is 0 Å². The average molecular weight is 319 g/mol. The summed E-state index contributed by atoms with van der Waals surface area (Å²) in [5.41, 5.74) is 0. The molecule has 22 heavy (non-hydrogen) atoms. The third-order valence-corrected chi connectivity index (χ3v) is 6.43. The van der Waals surface area contributed by atoms with E-state index in [4.69, 9.17) is 0 Å². The fraction of sp³-hybridized carbons (Fsp3) is 0.765. The van der Waals surface area contributed by atoms with Crippen molar-refractivity contribution in [2.24, 2.45) is 5.92 Å². The molecule has 0 spiro atoms. The molecule has 2 atom stereocenters. The second kappa shape index (κ2) is 6.26. The van der Waals surface area contributed by atoms with E-state index in [9.17, 15) is 4.79 Å². The Morgan fingerprint density at radius 2 is 2.00 bits per heavy atom. The molecule has 1 saturated heterocycles. The standard InChI is InChI=1S/C17H25N3OS/c21-16(12-22-17-18-9-11-19(17)14-7-8-14)20-10-3-5-13-4-1-2-6-15(13)20/h9,11,13-15H,1-8,10,12H2. The van der Waals surface area contributed by atoms with Crippen LogP contribution in [-0.2, 0) is 4.79 Å². The molecule has 0 radical (unpaired) electrons. The number of fused-ring (bicyclic) bond motifs is 1. The summed E-state index contributed by atoms with van der Waals surface area (Å²) in [6, 6.07) is 1.16. The van der Waals surface area contributed by atoms with Gasteiger partial charge in [-0.15, -0.1) is 0 Å². The van der Waals surface area contributed by atoms with Crippen LogP contribution in [0.25, 0.3) is 0 Å². The molecule has 5 heteroatoms. The monoisotopic (exact) mass is 319 g/mol. The van der Waals surface area contributed by atoms with Gasteiger partial charge in [0.1, 0.15) is 0 Å². The summed E-state index contributed by atoms with van der Waals surface area (Å²) in [6.45, 7) is 0.970. The zero-order chi connectivity index (χ0) is 14.9. The van der Waals surface area contributed by atoms with Crippen LogP contribution < -0.4 is 0 Å². The van der Waals surface area contributed by atoms with E-state index in [0.717, 1.165) is 17.6 Å². The van der Waals surface area contributed by atoms with E-state index in [-0.39, 0.29) is 0 Å². The second-order valence-corrected chi connectivity index (χ2v) is 7.92. The Morgan fingerprint density at radius 3 is 2.86 bits per heavy atom. The molecular weight excluding hydrogens is 294 g/mol. The number of piperidine rings is 1. The second-order valence-electron chi connectivity index (χ2n) is 6.98. The molecule has 3 aliphatic rings. The first-order valence-corrected chi connectivity index (χ1v) is 9.76. The molecule has 4 nitrogen and oxygen atoms in total. The van der Waals surface area contributed by atoms with Gasteiger partial charge < -0.3 is 9.47 Å². The maximum atomic E-state index is 12.7. The first-order chi connectivity index (χ1) is 10.8. The third kappa shape index (κ3) is 2.92. The summed E-state index contributed by atoms with van der Waals surface area (Å²) in [6.07, 6.45) is 14.2. The highest BCUT2D eigenvalue weighted by atomic mass is 32.2. The van der Waals surface area contributed by atoms with Crippen molar-refractivity contribution in [3.05, 3.63) is 12.4 Å². The van der Waals surface area contributed by atoms with E-state index in [0.29, 0.717) is 23.7 Å². The summed E-state index contributed by atoms with van der Waals surface area (Å²) in [4.78, 5) is 19.3. The third-order valence-electron chi connectivity index (χ3n) is 5.46. The van der Waals surface area contributed by atoms with Crippen LogP contribution in [0.2, 0.25) is 0 Å². The Bertz CT molecular complexity index is 538. The molecule has 1 aromatic heterocycles. The maximum absolute atomic E-state index is 12.7. The fourth-order valence-electron chi connectivity index (χ4n) is 4.19. The van der Waals surface area contributed by atoms with E-state index < -0.39 is 0 Å². The van der Waals surface area contributed by atoms with Gasteiger partial charge >= 0.3 is 0 Å². The van der Waals surface area contributed by atoms with Gasteiger partial charge in [0.05, 0.1) is 5.75 Å². The van der Waals surface area contributed by atoms with Gasteiger partial charge in [-0.25, -0.2) is 4.98 Å². The number of hydrogen-bond acceptors (Lipinski definition) is 3. The van der Waals surface area contributed by atoms with E-state index in [1.165, 1.54) is 51.4 Å². The van der Waals surface area contributed by atoms with Crippen LogP contribution in [0.1, 0.15) is 57.4 Å². The zero-order valence-electron chi connectivity index (χ0n) is 13.1. The molecule has 3 fully saturated rings. The van der Waals surface area contributed by atoms with Gasteiger partial charge in [-0.05, 0) is 44.4 Å². The zero-order valence-corrected chi connectivity index (χ0v) is 13.9. The number of amides is 1. The number of likely N-dealkylation sites (tertiary alicyclic amines) is 1. The number of carbonyl (C=O) groups is 1. The highest BCUT2D eigenvalue weighted by Gasteiger charge is 2.35. The molecule has 0 N–H and O–H groups in total. The van der Waals surface area contributed by atoms with Crippen LogP contribution >= 0.6 is 11.8 Å². The highest BCUT2D eigenvalue weighted by Crippen LogP contribution is 2.38. The SMILES string of the molecule is O=C(CSc1nccn1C1CC1)N1CCCC2CCCCC21. The normalized spacial score (nSPS) is 28.5. The predicted molar refractivity (Wildman–Crippen MR) is 87.9 cm³/mol. The largest absolute Gasteiger partial charge is 0.339 e. The molecule has 4 rings (SSSR count). The number of imidazole rings is 1. The topological polar surface area (TPSA) is 38.1 Å². The maximum Gasteiger partial charge on any atom is 0.233 e. The van der Waals surface area contributed by atoms with Crippen molar-refractivity contribution < 1.29 is 4.79 Å². The number of nitrogens with zero attached hydrogens (tertiary/aromatic N) is 3. The van der Waals surface area contributed by atoms with Gasteiger partial charge in [0.15, 0.2) is 5.16 Å². The minimum absolute atomic E-state index is 0.326. The molecule has 2 aliphatic carbocycles. The lowest BCUT2D eigenvalue weighted by molar-refractivity contribution is -0.134. The van der Waals surface area contributed by atoms with Crippen molar-refractivity contribution in [3.63, 3.8) is 0 Å². The molecule has 0 bridgehead atoms. The van der Waals surface area contributed by atoms with Crippen molar-refractivity contribution in [2.75, 3.05) is 12.3 Å². The lowest BCUT2D eigenvalue weighted by Crippen LogP contribution is -2.50. The number of rotatable bonds is 4. The van der Waals surface area contributed by atoms with Gasteiger partial charge in [0.2, 0.25) is 5.91 Å². The van der Waals surface area contributed by atoms with Crippen molar-refractivity contribution >= 4 is 17.7 Å². The molecule has 1 aromatic rings. The Kier molecular flexibility index (Phi) is 4.16. The van der Waals surface area contributed by atoms with Crippen LogP contribution in [0, 0.1) is 5.92 Å².